The van der Waals surface area contributed by atoms with E-state index in [9.17, 15) is 13.6 Å². The van der Waals surface area contributed by atoms with Crippen LogP contribution in [-0.4, -0.2) is 43.7 Å². The van der Waals surface area contributed by atoms with E-state index in [1.165, 1.54) is 0 Å². The van der Waals surface area contributed by atoms with Gasteiger partial charge in [0.15, 0.2) is 0 Å². The van der Waals surface area contributed by atoms with Gasteiger partial charge in [-0.1, -0.05) is 0 Å². The summed E-state index contributed by atoms with van der Waals surface area (Å²) in [6.07, 6.45) is -2.35. The molecule has 0 fully saturated rings. The first kappa shape index (κ1) is 10.9. The van der Waals surface area contributed by atoms with Gasteiger partial charge in [-0.3, -0.25) is 0 Å². The van der Waals surface area contributed by atoms with E-state index in [0.29, 0.717) is 0 Å². The molecule has 0 aliphatic rings. The number of alkyl halides is 2. The van der Waals surface area contributed by atoms with E-state index >= 15 is 0 Å². The molecule has 5 heteroatoms. The molecule has 0 saturated heterocycles. The molecule has 48 valence electrons. The second kappa shape index (κ2) is 5.11. The molecule has 0 spiro atoms. The van der Waals surface area contributed by atoms with E-state index in [-0.39, 0.29) is 19.8 Å². The molecule has 8 heavy (non-hydrogen) atoms. The fourth-order valence-electron chi connectivity index (χ4n) is 0.0660. The van der Waals surface area contributed by atoms with Gasteiger partial charge in [0.25, 0.3) is 0 Å². The van der Waals surface area contributed by atoms with Gasteiger partial charge in [-0.05, 0) is 0 Å². The van der Waals surface area contributed by atoms with Gasteiger partial charge < -0.3 is 5.11 Å². The molecule has 1 unspecified atom stereocenters. The second-order valence-corrected chi connectivity index (χ2v) is 0.960. The molecule has 0 bridgehead atoms. The van der Waals surface area contributed by atoms with Gasteiger partial charge in [-0.15, -0.1) is 0 Å². The van der Waals surface area contributed by atoms with Crippen LogP contribution in [0.4, 0.5) is 8.78 Å². The van der Waals surface area contributed by atoms with E-state index in [2.05, 4.69) is 0 Å². The average Bonchev–Trinajstić information content (AvgIpc) is 1.65. The van der Waals surface area contributed by atoms with Crippen LogP contribution >= 0.6 is 0 Å². The van der Waals surface area contributed by atoms with Gasteiger partial charge in [0.05, 0.1) is 0 Å². The molecule has 0 aliphatic heterocycles. The maximum atomic E-state index is 11.3. The zero-order valence-electron chi connectivity index (χ0n) is 3.40. The van der Waals surface area contributed by atoms with Gasteiger partial charge >= 0.3 is 25.8 Å². The van der Waals surface area contributed by atoms with Gasteiger partial charge in [0.1, 0.15) is 6.67 Å². The molecule has 0 aromatic rings. The molecular weight excluding hydrogens is 176 g/mol. The van der Waals surface area contributed by atoms with Crippen LogP contribution in [0.1, 0.15) is 0 Å². The fraction of sp³-hybridized carbons (Fsp3) is 0.667. The summed E-state index contributed by atoms with van der Waals surface area (Å²) in [5.74, 6) is -1.75. The molecular formula is C3H7F2GaO2. The number of hydrogen-bond acceptors (Lipinski definition) is 1. The first-order valence-electron chi connectivity index (χ1n) is 1.61. The number of rotatable bonds is 2. The second-order valence-electron chi connectivity index (χ2n) is 0.960. The molecule has 0 aromatic carbocycles. The van der Waals surface area contributed by atoms with E-state index in [4.69, 9.17) is 5.11 Å². The predicted octanol–water partition coefficient (Wildman–Crippen LogP) is -0.805. The average molecular weight is 183 g/mol. The Morgan fingerprint density at radius 2 is 2.12 bits per heavy atom. The van der Waals surface area contributed by atoms with Crippen molar-refractivity contribution in [3.8, 4) is 0 Å². The molecule has 1 atom stereocenters. The summed E-state index contributed by atoms with van der Waals surface area (Å²) >= 11 is 0. The third-order valence-electron chi connectivity index (χ3n) is 0.403. The number of carboxylic acids is 1. The van der Waals surface area contributed by atoms with Crippen molar-refractivity contribution >= 4 is 25.8 Å². The van der Waals surface area contributed by atoms with E-state index in [1.807, 2.05) is 0 Å². The summed E-state index contributed by atoms with van der Waals surface area (Å²) in [4.78, 5) is 9.32. The summed E-state index contributed by atoms with van der Waals surface area (Å²) in [7, 11) is 0. The summed E-state index contributed by atoms with van der Waals surface area (Å²) in [5.41, 5.74) is 0. The first-order valence-corrected chi connectivity index (χ1v) is 1.61. The zero-order chi connectivity index (χ0) is 5.86. The Bertz CT molecular complexity index is 77.7. The number of aliphatic carboxylic acids is 1. The van der Waals surface area contributed by atoms with Gasteiger partial charge in [-0.2, -0.15) is 0 Å². The Balaban J connectivity index is 0. The van der Waals surface area contributed by atoms with Crippen molar-refractivity contribution in [2.45, 2.75) is 6.17 Å². The van der Waals surface area contributed by atoms with Gasteiger partial charge in [-0.25, -0.2) is 13.6 Å². The van der Waals surface area contributed by atoms with E-state index < -0.39 is 18.8 Å². The monoisotopic (exact) mass is 182 g/mol. The predicted molar refractivity (Wildman–Crippen MR) is 28.4 cm³/mol. The van der Waals surface area contributed by atoms with Crippen LogP contribution in [0.25, 0.3) is 0 Å². The van der Waals surface area contributed by atoms with Gasteiger partial charge in [0.2, 0.25) is 6.17 Å². The number of hydrogen-bond donors (Lipinski definition) is 1. The van der Waals surface area contributed by atoms with Crippen LogP contribution in [0.2, 0.25) is 0 Å². The molecule has 0 rings (SSSR count). The Morgan fingerprint density at radius 3 is 2.12 bits per heavy atom. The van der Waals surface area contributed by atoms with E-state index in [1.54, 1.807) is 0 Å². The molecule has 1 N–H and O–H groups in total. The molecule has 0 aliphatic carbocycles. The van der Waals surface area contributed by atoms with Crippen LogP contribution in [-0.2, 0) is 4.79 Å². The minimum absolute atomic E-state index is 0. The quantitative estimate of drug-likeness (QED) is 0.568. The fourth-order valence-corrected chi connectivity index (χ4v) is 0.0660. The molecule has 0 amide bonds. The van der Waals surface area contributed by atoms with Crippen molar-refractivity contribution in [2.24, 2.45) is 0 Å². The Kier molecular flexibility index (Phi) is 6.94. The third kappa shape index (κ3) is 4.13. The summed E-state index contributed by atoms with van der Waals surface area (Å²) in [6.45, 7) is -1.45. The van der Waals surface area contributed by atoms with Crippen LogP contribution in [0.5, 0.6) is 0 Å². The molecule has 0 radical (unpaired) electrons. The number of halogens is 2. The van der Waals surface area contributed by atoms with Gasteiger partial charge in [0, 0.05) is 0 Å². The zero-order valence-corrected chi connectivity index (χ0v) is 3.40. The number of carbonyl (C=O) groups is 1. The summed E-state index contributed by atoms with van der Waals surface area (Å²) < 4.78 is 22.2. The van der Waals surface area contributed by atoms with Crippen molar-refractivity contribution in [3.05, 3.63) is 0 Å². The standard InChI is InChI=1S/C3H4F2O2.Ga.3H/c4-1-2(5)3(6)7;;;;/h2H,1H2,(H,6,7);;;;. The topological polar surface area (TPSA) is 37.3 Å². The normalized spacial score (nSPS) is 11.8. The van der Waals surface area contributed by atoms with Crippen molar-refractivity contribution in [2.75, 3.05) is 6.67 Å². The Hall–Kier alpha value is -0.0336. The maximum absolute atomic E-state index is 11.3. The number of carboxylic acid groups (broad SMARTS) is 1. The Labute approximate surface area is 57.9 Å². The van der Waals surface area contributed by atoms with Crippen molar-refractivity contribution in [1.82, 2.24) is 0 Å². The summed E-state index contributed by atoms with van der Waals surface area (Å²) in [5, 5.41) is 7.57. The van der Waals surface area contributed by atoms with Crippen LogP contribution < -0.4 is 0 Å². The first-order chi connectivity index (χ1) is 3.18. The third-order valence-corrected chi connectivity index (χ3v) is 0.403. The Morgan fingerprint density at radius 1 is 1.75 bits per heavy atom. The van der Waals surface area contributed by atoms with Crippen molar-refractivity contribution in [1.29, 1.82) is 0 Å². The molecule has 0 heterocycles. The van der Waals surface area contributed by atoms with Crippen LogP contribution in [0.15, 0.2) is 0 Å². The minimum atomic E-state index is -2.35. The van der Waals surface area contributed by atoms with Crippen molar-refractivity contribution in [3.63, 3.8) is 0 Å². The van der Waals surface area contributed by atoms with Crippen molar-refractivity contribution < 1.29 is 18.7 Å². The summed E-state index contributed by atoms with van der Waals surface area (Å²) in [6, 6.07) is 0. The van der Waals surface area contributed by atoms with Crippen LogP contribution in [0.3, 0.4) is 0 Å². The van der Waals surface area contributed by atoms with E-state index in [0.717, 1.165) is 0 Å². The molecule has 2 nitrogen and oxygen atoms in total. The SMILES string of the molecule is O=C(O)C(F)CF.[GaH3]. The molecule has 0 aromatic heterocycles. The molecule has 0 saturated carbocycles. The van der Waals surface area contributed by atoms with Crippen LogP contribution in [0, 0.1) is 0 Å².